The van der Waals surface area contributed by atoms with Crippen molar-refractivity contribution in [1.29, 1.82) is 0 Å². The fraction of sp³-hybridized carbons (Fsp3) is 0.826. The van der Waals surface area contributed by atoms with Crippen LogP contribution in [-0.2, 0) is 23.9 Å². The zero-order valence-corrected chi connectivity index (χ0v) is 20.9. The van der Waals surface area contributed by atoms with Crippen LogP contribution in [0.15, 0.2) is 0 Å². The number of rotatable bonds is 17. The molecule has 0 bridgehead atoms. The Balaban J connectivity index is 5.33. The van der Waals surface area contributed by atoms with Gasteiger partial charge >= 0.3 is 0 Å². The lowest BCUT2D eigenvalue weighted by molar-refractivity contribution is -0.133. The molecule has 0 rings (SSSR count). The summed E-state index contributed by atoms with van der Waals surface area (Å²) in [4.78, 5) is 48.7. The summed E-state index contributed by atoms with van der Waals surface area (Å²) in [6, 6.07) is -0.768. The topological polar surface area (TPSA) is 174 Å². The maximum absolute atomic E-state index is 12.8. The van der Waals surface area contributed by atoms with Gasteiger partial charge in [0.15, 0.2) is 0 Å². The van der Waals surface area contributed by atoms with Crippen LogP contribution >= 0.6 is 0 Å². The van der Waals surface area contributed by atoms with Gasteiger partial charge in [0.2, 0.25) is 23.6 Å². The van der Waals surface area contributed by atoms with Gasteiger partial charge in [0.1, 0.15) is 6.04 Å². The molecule has 0 heterocycles. The monoisotopic (exact) mass is 472 g/mol. The molecule has 0 aliphatic rings. The van der Waals surface area contributed by atoms with Crippen molar-refractivity contribution >= 4 is 23.6 Å². The van der Waals surface area contributed by atoms with Crippen molar-refractivity contribution in [2.24, 2.45) is 41.1 Å². The van der Waals surface area contributed by atoms with Crippen molar-refractivity contribution < 1.29 is 29.0 Å². The van der Waals surface area contributed by atoms with Crippen molar-refractivity contribution in [2.75, 3.05) is 20.3 Å². The third kappa shape index (κ3) is 12.6. The Labute approximate surface area is 197 Å². The highest BCUT2D eigenvalue weighted by Crippen LogP contribution is 2.30. The Bertz CT molecular complexity index is 640. The number of amides is 4. The average molecular weight is 473 g/mol. The average Bonchev–Trinajstić information content (AvgIpc) is 2.70. The molecular weight excluding hydrogens is 428 g/mol. The van der Waals surface area contributed by atoms with E-state index in [4.69, 9.17) is 16.2 Å². The lowest BCUT2D eigenvalue weighted by Crippen LogP contribution is -2.50. The third-order valence-electron chi connectivity index (χ3n) is 5.51. The quantitative estimate of drug-likeness (QED) is 0.204. The summed E-state index contributed by atoms with van der Waals surface area (Å²) in [5, 5.41) is 16.4. The lowest BCUT2D eigenvalue weighted by Gasteiger charge is -2.31. The molecule has 10 heteroatoms. The molecule has 0 fully saturated rings. The lowest BCUT2D eigenvalue weighted by atomic mass is 9.77. The summed E-state index contributed by atoms with van der Waals surface area (Å²) in [5.74, 6) is -3.91. The molecule has 0 aromatic rings. The fourth-order valence-corrected chi connectivity index (χ4v) is 3.70. The third-order valence-corrected chi connectivity index (χ3v) is 5.51. The Morgan fingerprint density at radius 2 is 1.55 bits per heavy atom. The van der Waals surface area contributed by atoms with Crippen LogP contribution in [0.25, 0.3) is 0 Å². The highest BCUT2D eigenvalue weighted by atomic mass is 16.5. The van der Waals surface area contributed by atoms with E-state index in [1.807, 2.05) is 27.7 Å². The van der Waals surface area contributed by atoms with E-state index in [-0.39, 0.29) is 30.6 Å². The van der Waals surface area contributed by atoms with Crippen LogP contribution in [0.2, 0.25) is 0 Å². The van der Waals surface area contributed by atoms with E-state index in [1.54, 1.807) is 6.92 Å². The highest BCUT2D eigenvalue weighted by molar-refractivity contribution is 5.88. The van der Waals surface area contributed by atoms with Crippen molar-refractivity contribution in [3.05, 3.63) is 0 Å². The van der Waals surface area contributed by atoms with Gasteiger partial charge in [-0.25, -0.2) is 0 Å². The normalized spacial score (nSPS) is 16.0. The number of aliphatic hydroxyl groups excluding tert-OH is 1. The molecule has 4 amide bonds. The van der Waals surface area contributed by atoms with Gasteiger partial charge in [-0.2, -0.15) is 0 Å². The molecule has 0 aliphatic heterocycles. The number of hydrogen-bond acceptors (Lipinski definition) is 6. The molecule has 0 saturated heterocycles. The Kier molecular flexibility index (Phi) is 14.6. The van der Waals surface area contributed by atoms with Crippen molar-refractivity contribution in [3.63, 3.8) is 0 Å². The summed E-state index contributed by atoms with van der Waals surface area (Å²) < 4.78 is 5.05. The van der Waals surface area contributed by atoms with Crippen LogP contribution in [0.5, 0.6) is 0 Å². The first kappa shape index (κ1) is 30.8. The zero-order chi connectivity index (χ0) is 25.7. The second-order valence-corrected chi connectivity index (χ2v) is 9.66. The van der Waals surface area contributed by atoms with E-state index in [1.165, 1.54) is 7.11 Å². The van der Waals surface area contributed by atoms with Crippen molar-refractivity contribution in [1.82, 2.24) is 10.6 Å². The summed E-state index contributed by atoms with van der Waals surface area (Å²) in [5.41, 5.74) is 10.8. The van der Waals surface area contributed by atoms with Gasteiger partial charge in [0, 0.05) is 32.6 Å². The summed E-state index contributed by atoms with van der Waals surface area (Å²) in [6.45, 7) is 10.2. The van der Waals surface area contributed by atoms with Crippen molar-refractivity contribution in [2.45, 2.75) is 72.4 Å². The molecule has 5 atom stereocenters. The Morgan fingerprint density at radius 1 is 0.939 bits per heavy atom. The molecule has 0 spiro atoms. The maximum atomic E-state index is 12.8. The predicted octanol–water partition coefficient (Wildman–Crippen LogP) is 0.306. The minimum Gasteiger partial charge on any atom is -0.393 e. The second kappa shape index (κ2) is 15.6. The molecule has 192 valence electrons. The van der Waals surface area contributed by atoms with E-state index in [0.29, 0.717) is 26.0 Å². The van der Waals surface area contributed by atoms with Gasteiger partial charge < -0.3 is 31.9 Å². The van der Waals surface area contributed by atoms with E-state index in [2.05, 4.69) is 10.6 Å². The second-order valence-electron chi connectivity index (χ2n) is 9.66. The molecule has 0 aromatic carbocycles. The number of primary amides is 2. The number of nitrogens with two attached hydrogens (primary N) is 2. The van der Waals surface area contributed by atoms with Crippen LogP contribution in [0.4, 0.5) is 0 Å². The Morgan fingerprint density at radius 3 is 2.00 bits per heavy atom. The minimum atomic E-state index is -1.06. The largest absolute Gasteiger partial charge is 0.393 e. The van der Waals surface area contributed by atoms with E-state index in [0.717, 1.165) is 0 Å². The van der Waals surface area contributed by atoms with E-state index >= 15 is 0 Å². The van der Waals surface area contributed by atoms with Gasteiger partial charge in [-0.1, -0.05) is 34.6 Å². The summed E-state index contributed by atoms with van der Waals surface area (Å²) >= 11 is 0. The van der Waals surface area contributed by atoms with E-state index < -0.39 is 47.6 Å². The van der Waals surface area contributed by atoms with E-state index in [9.17, 15) is 24.3 Å². The van der Waals surface area contributed by atoms with Crippen LogP contribution in [-0.4, -0.2) is 61.1 Å². The molecule has 0 aliphatic carbocycles. The van der Waals surface area contributed by atoms with Gasteiger partial charge in [-0.05, 0) is 37.0 Å². The molecule has 0 saturated carbocycles. The van der Waals surface area contributed by atoms with Crippen LogP contribution in [0, 0.1) is 29.6 Å². The number of ether oxygens (including phenoxy) is 1. The molecule has 5 unspecified atom stereocenters. The van der Waals surface area contributed by atoms with Crippen LogP contribution < -0.4 is 22.1 Å². The predicted molar refractivity (Wildman–Crippen MR) is 126 cm³/mol. The van der Waals surface area contributed by atoms with Gasteiger partial charge in [-0.15, -0.1) is 0 Å². The number of carbonyl (C=O) groups is 4. The summed E-state index contributed by atoms with van der Waals surface area (Å²) in [6.07, 6.45) is -0.544. The van der Waals surface area contributed by atoms with Gasteiger partial charge in [-0.3, -0.25) is 19.2 Å². The zero-order valence-electron chi connectivity index (χ0n) is 20.9. The van der Waals surface area contributed by atoms with Gasteiger partial charge in [0.05, 0.1) is 12.0 Å². The Hall–Kier alpha value is -2.20. The molecule has 0 aromatic heterocycles. The molecular formula is C23H44N4O6. The number of aliphatic hydroxyl groups is 1. The first-order valence-corrected chi connectivity index (χ1v) is 11.6. The van der Waals surface area contributed by atoms with Gasteiger partial charge in [0.25, 0.3) is 0 Å². The molecule has 33 heavy (non-hydrogen) atoms. The maximum Gasteiger partial charge on any atom is 0.242 e. The number of carbonyl (C=O) groups excluding carboxylic acids is 4. The molecule has 7 N–H and O–H groups in total. The fourth-order valence-electron chi connectivity index (χ4n) is 3.70. The molecule has 0 radical (unpaired) electrons. The first-order chi connectivity index (χ1) is 15.3. The number of nitrogens with one attached hydrogen (secondary N) is 2. The molecule has 10 nitrogen and oxygen atoms in total. The minimum absolute atomic E-state index is 0.0381. The van der Waals surface area contributed by atoms with Crippen molar-refractivity contribution in [3.8, 4) is 0 Å². The smallest absolute Gasteiger partial charge is 0.242 e. The van der Waals surface area contributed by atoms with Crippen LogP contribution in [0.1, 0.15) is 60.3 Å². The number of hydrogen-bond donors (Lipinski definition) is 5. The number of methoxy groups -OCH3 is 1. The first-order valence-electron chi connectivity index (χ1n) is 11.6. The SMILES string of the molecule is COCCC(NC(=O)C(C)CC(O)C(CC(C)C)C(CC(N)=O)C(N)=O)C(=O)NCC(C)C. The van der Waals surface area contributed by atoms with Crippen LogP contribution in [0.3, 0.4) is 0 Å². The standard InChI is InChI=1S/C23H44N4O6/c1-13(2)9-16(17(21(25)30)11-20(24)29)19(28)10-15(5)22(31)27-18(7-8-33-6)23(32)26-12-14(3)4/h13-19,28H,7-12H2,1-6H3,(H2,24,29)(H2,25,30)(H,26,32)(H,27,31). The summed E-state index contributed by atoms with van der Waals surface area (Å²) in [7, 11) is 1.51. The highest BCUT2D eigenvalue weighted by Gasteiger charge is 2.35.